The number of likely N-dealkylation sites (tertiary alicyclic amines) is 1. The van der Waals surface area contributed by atoms with E-state index in [1.54, 1.807) is 0 Å². The molecule has 1 saturated heterocycles. The molecule has 29 heavy (non-hydrogen) atoms. The molecule has 2 heterocycles. The number of imide groups is 1. The van der Waals surface area contributed by atoms with Gasteiger partial charge >= 0.3 is 5.97 Å². The van der Waals surface area contributed by atoms with Crippen molar-refractivity contribution in [3.63, 3.8) is 0 Å². The molecule has 2 aliphatic rings. The number of aromatic nitrogens is 1. The monoisotopic (exact) mass is 412 g/mol. The largest absolute Gasteiger partial charge is 0.459 e. The molecule has 1 fully saturated rings. The fourth-order valence-electron chi connectivity index (χ4n) is 3.96. The molecule has 0 radical (unpaired) electrons. The summed E-state index contributed by atoms with van der Waals surface area (Å²) < 4.78 is 5.30. The maximum Gasteiger partial charge on any atom is 0.326 e. The Kier molecular flexibility index (Phi) is 5.13. The van der Waals surface area contributed by atoms with Crippen molar-refractivity contribution in [2.75, 3.05) is 6.54 Å². The Morgan fingerprint density at radius 1 is 1.17 bits per heavy atom. The van der Waals surface area contributed by atoms with Gasteiger partial charge in [-0.05, 0) is 43.9 Å². The molecule has 1 aliphatic carbocycles. The average molecular weight is 413 g/mol. The molecule has 0 unspecified atom stereocenters. The molecule has 0 N–H and O–H groups in total. The van der Waals surface area contributed by atoms with E-state index in [4.69, 9.17) is 16.3 Å². The van der Waals surface area contributed by atoms with Gasteiger partial charge < -0.3 is 4.74 Å². The average Bonchev–Trinajstić information content (AvgIpc) is 2.95. The van der Waals surface area contributed by atoms with Crippen LogP contribution in [0.15, 0.2) is 30.4 Å². The van der Waals surface area contributed by atoms with Crippen molar-refractivity contribution in [2.45, 2.75) is 33.3 Å². The number of amides is 2. The Bertz CT molecular complexity index is 1040. The predicted octanol–water partition coefficient (Wildman–Crippen LogP) is 3.50. The highest BCUT2D eigenvalue weighted by atomic mass is 35.5. The second kappa shape index (κ2) is 7.59. The molecular formula is C22H21ClN2O4. The number of carbonyl (C=O) groups excluding carboxylic acids is 3. The van der Waals surface area contributed by atoms with Crippen LogP contribution in [0.4, 0.5) is 0 Å². The van der Waals surface area contributed by atoms with Gasteiger partial charge in [0.2, 0.25) is 11.8 Å². The van der Waals surface area contributed by atoms with Crippen LogP contribution in [0, 0.1) is 25.7 Å². The zero-order valence-corrected chi connectivity index (χ0v) is 17.0. The van der Waals surface area contributed by atoms with E-state index in [1.807, 2.05) is 44.2 Å². The van der Waals surface area contributed by atoms with Crippen LogP contribution in [0.3, 0.4) is 0 Å². The Hall–Kier alpha value is -2.73. The lowest BCUT2D eigenvalue weighted by molar-refractivity contribution is -0.153. The van der Waals surface area contributed by atoms with Crippen LogP contribution in [-0.4, -0.2) is 34.2 Å². The van der Waals surface area contributed by atoms with E-state index in [9.17, 15) is 14.4 Å². The first-order valence-electron chi connectivity index (χ1n) is 9.58. The number of pyridine rings is 1. The van der Waals surface area contributed by atoms with Crippen LogP contribution in [0.2, 0.25) is 5.15 Å². The number of benzene rings is 1. The first-order valence-corrected chi connectivity index (χ1v) is 9.95. The number of carbonyl (C=O) groups is 3. The molecule has 150 valence electrons. The van der Waals surface area contributed by atoms with Crippen LogP contribution in [0.25, 0.3) is 10.9 Å². The molecule has 6 nitrogen and oxygen atoms in total. The SMILES string of the molecule is Cc1ccc2cc(COC(=O)CN3C(=O)[C@H]4CC=CC[C@@H]4C3=O)c(Cl)nc2c1C. The number of aryl methyl sites for hydroxylation is 2. The summed E-state index contributed by atoms with van der Waals surface area (Å²) in [6, 6.07) is 5.79. The second-order valence-electron chi connectivity index (χ2n) is 7.60. The molecule has 0 bridgehead atoms. The maximum absolute atomic E-state index is 12.5. The van der Waals surface area contributed by atoms with Crippen molar-refractivity contribution in [1.29, 1.82) is 0 Å². The fourth-order valence-corrected chi connectivity index (χ4v) is 4.16. The smallest absolute Gasteiger partial charge is 0.326 e. The van der Waals surface area contributed by atoms with Gasteiger partial charge in [-0.15, -0.1) is 0 Å². The van der Waals surface area contributed by atoms with Gasteiger partial charge in [0.15, 0.2) is 0 Å². The quantitative estimate of drug-likeness (QED) is 0.332. The third-order valence-electron chi connectivity index (χ3n) is 5.81. The number of hydrogen-bond acceptors (Lipinski definition) is 5. The number of ether oxygens (including phenoxy) is 1. The molecule has 0 saturated carbocycles. The van der Waals surface area contributed by atoms with E-state index in [-0.39, 0.29) is 42.0 Å². The normalized spacial score (nSPS) is 21.0. The van der Waals surface area contributed by atoms with Gasteiger partial charge in [0.1, 0.15) is 18.3 Å². The predicted molar refractivity (Wildman–Crippen MR) is 108 cm³/mol. The molecule has 2 aromatic rings. The molecule has 4 rings (SSSR count). The van der Waals surface area contributed by atoms with Gasteiger partial charge in [0.25, 0.3) is 0 Å². The molecule has 1 aromatic heterocycles. The van der Waals surface area contributed by atoms with Crippen LogP contribution in [0.1, 0.15) is 29.5 Å². The van der Waals surface area contributed by atoms with E-state index < -0.39 is 5.97 Å². The van der Waals surface area contributed by atoms with Crippen molar-refractivity contribution in [3.05, 3.63) is 52.2 Å². The summed E-state index contributed by atoms with van der Waals surface area (Å²) in [5.41, 5.74) is 3.56. The van der Waals surface area contributed by atoms with Crippen molar-refractivity contribution >= 4 is 40.3 Å². The highest BCUT2D eigenvalue weighted by molar-refractivity contribution is 6.30. The number of esters is 1. The van der Waals surface area contributed by atoms with E-state index in [2.05, 4.69) is 4.98 Å². The number of fused-ring (bicyclic) bond motifs is 2. The first-order chi connectivity index (χ1) is 13.9. The number of rotatable bonds is 4. The molecule has 2 amide bonds. The molecule has 0 spiro atoms. The van der Waals surface area contributed by atoms with Gasteiger partial charge in [-0.25, -0.2) is 4.98 Å². The number of nitrogens with zero attached hydrogens (tertiary/aromatic N) is 2. The lowest BCUT2D eigenvalue weighted by Crippen LogP contribution is -2.36. The number of allylic oxidation sites excluding steroid dienone is 2. The first kappa shape index (κ1) is 19.6. The number of hydrogen-bond donors (Lipinski definition) is 0. The van der Waals surface area contributed by atoms with Crippen LogP contribution < -0.4 is 0 Å². The molecule has 1 aliphatic heterocycles. The van der Waals surface area contributed by atoms with Crippen molar-refractivity contribution in [2.24, 2.45) is 11.8 Å². The Morgan fingerprint density at radius 3 is 2.48 bits per heavy atom. The fraction of sp³-hybridized carbons (Fsp3) is 0.364. The Labute approximate surface area is 173 Å². The van der Waals surface area contributed by atoms with E-state index >= 15 is 0 Å². The van der Waals surface area contributed by atoms with Gasteiger partial charge in [0.05, 0.1) is 17.4 Å². The molecule has 7 heteroatoms. The van der Waals surface area contributed by atoms with Crippen molar-refractivity contribution in [3.8, 4) is 0 Å². The summed E-state index contributed by atoms with van der Waals surface area (Å²) >= 11 is 6.28. The summed E-state index contributed by atoms with van der Waals surface area (Å²) in [6.45, 7) is 3.55. The molecular weight excluding hydrogens is 392 g/mol. The van der Waals surface area contributed by atoms with E-state index in [0.29, 0.717) is 18.4 Å². The van der Waals surface area contributed by atoms with Gasteiger partial charge in [-0.2, -0.15) is 0 Å². The molecule has 2 atom stereocenters. The van der Waals surface area contributed by atoms with E-state index in [0.717, 1.165) is 26.9 Å². The second-order valence-corrected chi connectivity index (χ2v) is 7.95. The summed E-state index contributed by atoms with van der Waals surface area (Å²) in [6.07, 6.45) is 4.90. The highest BCUT2D eigenvalue weighted by Gasteiger charge is 2.47. The minimum atomic E-state index is -0.644. The van der Waals surface area contributed by atoms with Crippen LogP contribution in [0.5, 0.6) is 0 Å². The summed E-state index contributed by atoms with van der Waals surface area (Å²) in [7, 11) is 0. The zero-order valence-electron chi connectivity index (χ0n) is 16.3. The Balaban J connectivity index is 1.44. The molecule has 1 aromatic carbocycles. The van der Waals surface area contributed by atoms with E-state index in [1.165, 1.54) is 0 Å². The topological polar surface area (TPSA) is 76.6 Å². The minimum Gasteiger partial charge on any atom is -0.459 e. The maximum atomic E-state index is 12.5. The van der Waals surface area contributed by atoms with Gasteiger partial charge in [-0.3, -0.25) is 19.3 Å². The summed E-state index contributed by atoms with van der Waals surface area (Å²) in [4.78, 5) is 42.7. The van der Waals surface area contributed by atoms with Crippen LogP contribution in [-0.2, 0) is 25.7 Å². The zero-order chi connectivity index (χ0) is 20.7. The summed E-state index contributed by atoms with van der Waals surface area (Å²) in [5, 5.41) is 1.18. The Morgan fingerprint density at radius 2 is 1.83 bits per heavy atom. The number of halogens is 1. The third kappa shape index (κ3) is 3.53. The van der Waals surface area contributed by atoms with Crippen molar-refractivity contribution < 1.29 is 19.1 Å². The minimum absolute atomic E-state index is 0.0713. The highest BCUT2D eigenvalue weighted by Crippen LogP contribution is 2.35. The summed E-state index contributed by atoms with van der Waals surface area (Å²) in [5.74, 6) is -1.94. The standard InChI is InChI=1S/C22H21ClN2O4/c1-12-7-8-14-9-15(20(23)24-19(14)13(12)2)11-29-18(26)10-25-21(27)16-5-3-4-6-17(16)22(25)28/h3-4,7-9,16-17H,5-6,10-11H2,1-2H3/t16-,17-/m0/s1. The van der Waals surface area contributed by atoms with Crippen molar-refractivity contribution in [1.82, 2.24) is 9.88 Å². The van der Waals surface area contributed by atoms with Gasteiger partial charge in [0, 0.05) is 10.9 Å². The third-order valence-corrected chi connectivity index (χ3v) is 6.14. The van der Waals surface area contributed by atoms with Gasteiger partial charge in [-0.1, -0.05) is 35.9 Å². The lowest BCUT2D eigenvalue weighted by Gasteiger charge is -2.14. The van der Waals surface area contributed by atoms with Crippen LogP contribution >= 0.6 is 11.6 Å². The lowest BCUT2D eigenvalue weighted by atomic mass is 9.85.